The van der Waals surface area contributed by atoms with Crippen LogP contribution in [0, 0.1) is 0 Å². The van der Waals surface area contributed by atoms with Crippen LogP contribution >= 0.6 is 15.9 Å². The second-order valence-electron chi connectivity index (χ2n) is 4.22. The molecular formula is C12H12BrNO5. The van der Waals surface area contributed by atoms with Gasteiger partial charge in [-0.2, -0.15) is 0 Å². The van der Waals surface area contributed by atoms with Gasteiger partial charge in [-0.25, -0.2) is 9.59 Å². The van der Waals surface area contributed by atoms with Crippen molar-refractivity contribution in [3.8, 4) is 5.75 Å². The topological polar surface area (TPSA) is 87.1 Å². The number of halogens is 1. The maximum absolute atomic E-state index is 11.0. The van der Waals surface area contributed by atoms with Gasteiger partial charge in [0.15, 0.2) is 0 Å². The van der Waals surface area contributed by atoms with Gasteiger partial charge in [0.25, 0.3) is 0 Å². The van der Waals surface area contributed by atoms with E-state index >= 15 is 0 Å². The van der Waals surface area contributed by atoms with Crippen LogP contribution in [0.1, 0.15) is 6.42 Å². The fraction of sp³-hybridized carbons (Fsp3) is 0.333. The standard InChI is InChI=1S/C12H12BrNO5/c13-7-2-1-3-8(4-7)19-9-5-10(11(15)16)14(6-9)12(17)18/h1-4,9-10H,5-6H2,(H,15,16)(H,17,18)/t9-,10+/m1/s1. The maximum Gasteiger partial charge on any atom is 0.408 e. The molecule has 0 unspecified atom stereocenters. The van der Waals surface area contributed by atoms with Crippen LogP contribution in [0.2, 0.25) is 0 Å². The van der Waals surface area contributed by atoms with Crippen LogP contribution in [0.5, 0.6) is 5.75 Å². The zero-order chi connectivity index (χ0) is 14.0. The molecule has 1 saturated heterocycles. The number of hydrogen-bond acceptors (Lipinski definition) is 3. The quantitative estimate of drug-likeness (QED) is 0.886. The van der Waals surface area contributed by atoms with Gasteiger partial charge < -0.3 is 14.9 Å². The Morgan fingerprint density at radius 1 is 1.37 bits per heavy atom. The molecule has 1 aromatic rings. The molecule has 0 bridgehead atoms. The van der Waals surface area contributed by atoms with E-state index in [0.29, 0.717) is 5.75 Å². The second kappa shape index (κ2) is 5.48. The third-order valence-corrected chi connectivity index (χ3v) is 3.39. The molecule has 1 heterocycles. The summed E-state index contributed by atoms with van der Waals surface area (Å²) in [5.41, 5.74) is 0. The first-order valence-electron chi connectivity index (χ1n) is 5.62. The lowest BCUT2D eigenvalue weighted by molar-refractivity contribution is -0.141. The number of carboxylic acids is 1. The zero-order valence-electron chi connectivity index (χ0n) is 9.82. The van der Waals surface area contributed by atoms with E-state index < -0.39 is 24.2 Å². The van der Waals surface area contributed by atoms with Crippen molar-refractivity contribution >= 4 is 28.0 Å². The minimum Gasteiger partial charge on any atom is -0.488 e. The van der Waals surface area contributed by atoms with Crippen LogP contribution in [-0.2, 0) is 4.79 Å². The van der Waals surface area contributed by atoms with Crippen LogP contribution in [0.4, 0.5) is 4.79 Å². The number of amides is 1. The first-order valence-corrected chi connectivity index (χ1v) is 6.41. The fourth-order valence-corrected chi connectivity index (χ4v) is 2.44. The summed E-state index contributed by atoms with van der Waals surface area (Å²) in [7, 11) is 0. The molecule has 0 spiro atoms. The molecule has 0 radical (unpaired) electrons. The van der Waals surface area contributed by atoms with E-state index in [9.17, 15) is 9.59 Å². The van der Waals surface area contributed by atoms with Crippen molar-refractivity contribution in [1.82, 2.24) is 4.90 Å². The van der Waals surface area contributed by atoms with E-state index in [-0.39, 0.29) is 13.0 Å². The van der Waals surface area contributed by atoms with Crippen molar-refractivity contribution in [2.75, 3.05) is 6.54 Å². The summed E-state index contributed by atoms with van der Waals surface area (Å²) in [6.07, 6.45) is -1.55. The summed E-state index contributed by atoms with van der Waals surface area (Å²) in [5, 5.41) is 18.0. The SMILES string of the molecule is O=C(O)[C@@H]1C[C@@H](Oc2cccc(Br)c2)CN1C(=O)O. The van der Waals surface area contributed by atoms with Gasteiger partial charge in [0.05, 0.1) is 6.54 Å². The Balaban J connectivity index is 2.07. The summed E-state index contributed by atoms with van der Waals surface area (Å²) in [4.78, 5) is 22.9. The van der Waals surface area contributed by atoms with E-state index in [1.807, 2.05) is 6.07 Å². The second-order valence-corrected chi connectivity index (χ2v) is 5.14. The fourth-order valence-electron chi connectivity index (χ4n) is 2.06. The molecule has 0 saturated carbocycles. The van der Waals surface area contributed by atoms with Crippen LogP contribution in [0.25, 0.3) is 0 Å². The van der Waals surface area contributed by atoms with Gasteiger partial charge in [-0.05, 0) is 18.2 Å². The third kappa shape index (κ3) is 3.17. The molecule has 7 heteroatoms. The lowest BCUT2D eigenvalue weighted by Crippen LogP contribution is -2.39. The van der Waals surface area contributed by atoms with E-state index in [4.69, 9.17) is 14.9 Å². The van der Waals surface area contributed by atoms with Crippen LogP contribution in [0.3, 0.4) is 0 Å². The lowest BCUT2D eigenvalue weighted by atomic mass is 10.2. The van der Waals surface area contributed by atoms with Gasteiger partial charge >= 0.3 is 12.1 Å². The van der Waals surface area contributed by atoms with Crippen molar-refractivity contribution in [1.29, 1.82) is 0 Å². The Morgan fingerprint density at radius 3 is 2.63 bits per heavy atom. The minimum absolute atomic E-state index is 0.0544. The van der Waals surface area contributed by atoms with Crippen molar-refractivity contribution in [3.05, 3.63) is 28.7 Å². The van der Waals surface area contributed by atoms with Crippen molar-refractivity contribution < 1.29 is 24.5 Å². The summed E-state index contributed by atoms with van der Waals surface area (Å²) in [5.74, 6) is -0.571. The molecule has 1 aliphatic heterocycles. The third-order valence-electron chi connectivity index (χ3n) is 2.89. The van der Waals surface area contributed by atoms with Crippen molar-refractivity contribution in [3.63, 3.8) is 0 Å². The van der Waals surface area contributed by atoms with Crippen LogP contribution < -0.4 is 4.74 Å². The van der Waals surface area contributed by atoms with Gasteiger partial charge in [0.2, 0.25) is 0 Å². The highest BCUT2D eigenvalue weighted by molar-refractivity contribution is 9.10. The normalized spacial score (nSPS) is 22.3. The summed E-state index contributed by atoms with van der Waals surface area (Å²) >= 11 is 3.30. The number of carboxylic acid groups (broad SMARTS) is 2. The molecule has 1 aliphatic rings. The summed E-state index contributed by atoms with van der Waals surface area (Å²) in [6.45, 7) is 0.0544. The molecule has 6 nitrogen and oxygen atoms in total. The minimum atomic E-state index is -1.24. The molecule has 0 aliphatic carbocycles. The van der Waals surface area contributed by atoms with Gasteiger partial charge in [-0.3, -0.25) is 4.90 Å². The van der Waals surface area contributed by atoms with Crippen LogP contribution in [0.15, 0.2) is 28.7 Å². The van der Waals surface area contributed by atoms with Gasteiger partial charge in [0, 0.05) is 10.9 Å². The number of ether oxygens (including phenoxy) is 1. The first-order chi connectivity index (χ1) is 8.97. The predicted octanol–water partition coefficient (Wildman–Crippen LogP) is 2.03. The molecule has 2 atom stereocenters. The average Bonchev–Trinajstić information content (AvgIpc) is 2.73. The number of carbonyl (C=O) groups is 2. The van der Waals surface area contributed by atoms with E-state index in [1.54, 1.807) is 18.2 Å². The Labute approximate surface area is 117 Å². The van der Waals surface area contributed by atoms with E-state index in [0.717, 1.165) is 9.37 Å². The molecule has 102 valence electrons. The summed E-state index contributed by atoms with van der Waals surface area (Å²) < 4.78 is 6.46. The van der Waals surface area contributed by atoms with Crippen molar-refractivity contribution in [2.24, 2.45) is 0 Å². The van der Waals surface area contributed by atoms with E-state index in [2.05, 4.69) is 15.9 Å². The van der Waals surface area contributed by atoms with Gasteiger partial charge in [0.1, 0.15) is 17.9 Å². The molecule has 2 N–H and O–H groups in total. The molecule has 0 aromatic heterocycles. The highest BCUT2D eigenvalue weighted by Gasteiger charge is 2.40. The largest absolute Gasteiger partial charge is 0.488 e. The smallest absolute Gasteiger partial charge is 0.408 e. The van der Waals surface area contributed by atoms with Crippen LogP contribution in [-0.4, -0.2) is 45.9 Å². The molecule has 1 amide bonds. The molecule has 1 aromatic carbocycles. The first kappa shape index (κ1) is 13.7. The maximum atomic E-state index is 11.0. The molecule has 1 fully saturated rings. The Morgan fingerprint density at radius 2 is 2.11 bits per heavy atom. The monoisotopic (exact) mass is 329 g/mol. The molecule has 2 rings (SSSR count). The highest BCUT2D eigenvalue weighted by atomic mass is 79.9. The number of rotatable bonds is 3. The Kier molecular flexibility index (Phi) is 3.94. The highest BCUT2D eigenvalue weighted by Crippen LogP contribution is 2.25. The Hall–Kier alpha value is -1.76. The molecule has 19 heavy (non-hydrogen) atoms. The summed E-state index contributed by atoms with van der Waals surface area (Å²) in [6, 6.07) is 6.07. The van der Waals surface area contributed by atoms with Gasteiger partial charge in [-0.15, -0.1) is 0 Å². The number of aliphatic carboxylic acids is 1. The lowest BCUT2D eigenvalue weighted by Gasteiger charge is -2.16. The number of benzene rings is 1. The zero-order valence-corrected chi connectivity index (χ0v) is 11.4. The predicted molar refractivity (Wildman–Crippen MR) is 69.3 cm³/mol. The number of nitrogens with zero attached hydrogens (tertiary/aromatic N) is 1. The van der Waals surface area contributed by atoms with Crippen molar-refractivity contribution in [2.45, 2.75) is 18.6 Å². The average molecular weight is 330 g/mol. The number of hydrogen-bond donors (Lipinski definition) is 2. The molecular weight excluding hydrogens is 318 g/mol. The van der Waals surface area contributed by atoms with E-state index in [1.165, 1.54) is 0 Å². The van der Waals surface area contributed by atoms with Gasteiger partial charge in [-0.1, -0.05) is 22.0 Å². The number of likely N-dealkylation sites (tertiary alicyclic amines) is 1. The Bertz CT molecular complexity index is 485.